The maximum absolute atomic E-state index is 11.2. The Morgan fingerprint density at radius 3 is 2.47 bits per heavy atom. The van der Waals surface area contributed by atoms with E-state index >= 15 is 0 Å². The molecular weight excluding hydrogens is 258 g/mol. The largest absolute Gasteiger partial charge is 0.465 e. The molecule has 1 aromatic heterocycles. The molecule has 2 rings (SSSR count). The van der Waals surface area contributed by atoms with Crippen LogP contribution in [0.4, 0.5) is 0 Å². The molecule has 1 aromatic carbocycles. The van der Waals surface area contributed by atoms with E-state index in [1.54, 1.807) is 12.1 Å². The molecule has 0 amide bonds. The molecule has 4 heteroatoms. The topological polar surface area (TPSA) is 39.2 Å². The van der Waals surface area contributed by atoms with Gasteiger partial charge in [0.05, 0.1) is 12.7 Å². The number of esters is 1. The first-order chi connectivity index (χ1) is 9.19. The lowest BCUT2D eigenvalue weighted by Crippen LogP contribution is -2.01. The van der Waals surface area contributed by atoms with Crippen LogP contribution in [0.25, 0.3) is 0 Å². The number of pyridine rings is 1. The van der Waals surface area contributed by atoms with Gasteiger partial charge in [-0.05, 0) is 42.3 Å². The number of benzene rings is 1. The van der Waals surface area contributed by atoms with Crippen molar-refractivity contribution in [3.63, 3.8) is 0 Å². The minimum atomic E-state index is -0.406. The SMILES string of the molecule is COC(=O)c1ccc(C#Cc2ccc(S)cc2)nc1. The Morgan fingerprint density at radius 2 is 1.89 bits per heavy atom. The van der Waals surface area contributed by atoms with Crippen molar-refractivity contribution in [2.45, 2.75) is 4.90 Å². The van der Waals surface area contributed by atoms with Crippen LogP contribution in [-0.4, -0.2) is 18.1 Å². The second-order valence-corrected chi connectivity index (χ2v) is 4.24. The van der Waals surface area contributed by atoms with Crippen molar-refractivity contribution in [3.8, 4) is 11.8 Å². The zero-order valence-electron chi connectivity index (χ0n) is 10.3. The molecule has 0 bridgehead atoms. The van der Waals surface area contributed by atoms with Crippen LogP contribution < -0.4 is 0 Å². The van der Waals surface area contributed by atoms with E-state index in [-0.39, 0.29) is 0 Å². The number of carbonyl (C=O) groups is 1. The zero-order chi connectivity index (χ0) is 13.7. The van der Waals surface area contributed by atoms with Crippen LogP contribution in [0.5, 0.6) is 0 Å². The molecule has 0 saturated carbocycles. The van der Waals surface area contributed by atoms with Crippen molar-refractivity contribution in [2.24, 2.45) is 0 Å². The number of hydrogen-bond acceptors (Lipinski definition) is 4. The van der Waals surface area contributed by atoms with Crippen LogP contribution in [0.1, 0.15) is 21.6 Å². The Bertz CT molecular complexity index is 637. The molecule has 0 aliphatic carbocycles. The maximum atomic E-state index is 11.2. The molecule has 0 N–H and O–H groups in total. The highest BCUT2D eigenvalue weighted by Gasteiger charge is 2.04. The average molecular weight is 269 g/mol. The summed E-state index contributed by atoms with van der Waals surface area (Å²) in [5.41, 5.74) is 1.90. The lowest BCUT2D eigenvalue weighted by molar-refractivity contribution is 0.0600. The second-order valence-electron chi connectivity index (χ2n) is 3.72. The second kappa shape index (κ2) is 6.07. The molecule has 0 unspecified atom stereocenters. The van der Waals surface area contributed by atoms with E-state index in [0.717, 1.165) is 10.5 Å². The summed E-state index contributed by atoms with van der Waals surface area (Å²) in [7, 11) is 1.33. The third-order valence-electron chi connectivity index (χ3n) is 2.39. The summed E-state index contributed by atoms with van der Waals surface area (Å²) in [6, 6.07) is 10.9. The van der Waals surface area contributed by atoms with E-state index in [1.807, 2.05) is 24.3 Å². The van der Waals surface area contributed by atoms with Crippen LogP contribution in [0, 0.1) is 11.8 Å². The smallest absolute Gasteiger partial charge is 0.339 e. The Morgan fingerprint density at radius 1 is 1.16 bits per heavy atom. The van der Waals surface area contributed by atoms with Crippen LogP contribution >= 0.6 is 12.6 Å². The molecule has 3 nitrogen and oxygen atoms in total. The third kappa shape index (κ3) is 3.60. The van der Waals surface area contributed by atoms with Gasteiger partial charge in [0.1, 0.15) is 5.69 Å². The molecule has 1 heterocycles. The summed E-state index contributed by atoms with van der Waals surface area (Å²) in [6.45, 7) is 0. The van der Waals surface area contributed by atoms with Gasteiger partial charge in [0.15, 0.2) is 0 Å². The molecule has 19 heavy (non-hydrogen) atoms. The lowest BCUT2D eigenvalue weighted by Gasteiger charge is -1.97. The summed E-state index contributed by atoms with van der Waals surface area (Å²) in [5, 5.41) is 0. The highest BCUT2D eigenvalue weighted by atomic mass is 32.1. The zero-order valence-corrected chi connectivity index (χ0v) is 11.1. The first-order valence-electron chi connectivity index (χ1n) is 5.54. The summed E-state index contributed by atoms with van der Waals surface area (Å²) in [6.07, 6.45) is 1.45. The fraction of sp³-hybridized carbons (Fsp3) is 0.0667. The van der Waals surface area contributed by atoms with Crippen LogP contribution in [0.3, 0.4) is 0 Å². The van der Waals surface area contributed by atoms with Gasteiger partial charge in [0.2, 0.25) is 0 Å². The summed E-state index contributed by atoms with van der Waals surface area (Å²) in [5.74, 6) is 5.51. The minimum Gasteiger partial charge on any atom is -0.465 e. The number of nitrogens with zero attached hydrogens (tertiary/aromatic N) is 1. The van der Waals surface area contributed by atoms with Gasteiger partial charge in [-0.25, -0.2) is 9.78 Å². The van der Waals surface area contributed by atoms with Crippen molar-refractivity contribution >= 4 is 18.6 Å². The van der Waals surface area contributed by atoms with Crippen LogP contribution in [-0.2, 0) is 4.74 Å². The molecule has 2 aromatic rings. The van der Waals surface area contributed by atoms with E-state index in [4.69, 9.17) is 0 Å². The van der Waals surface area contributed by atoms with Gasteiger partial charge in [-0.1, -0.05) is 5.92 Å². The number of rotatable bonds is 1. The van der Waals surface area contributed by atoms with E-state index in [1.165, 1.54) is 13.3 Å². The highest BCUT2D eigenvalue weighted by molar-refractivity contribution is 7.80. The van der Waals surface area contributed by atoms with Gasteiger partial charge in [-0.15, -0.1) is 12.6 Å². The van der Waals surface area contributed by atoms with Crippen LogP contribution in [0.15, 0.2) is 47.5 Å². The lowest BCUT2D eigenvalue weighted by atomic mass is 10.2. The van der Waals surface area contributed by atoms with E-state index in [2.05, 4.69) is 34.2 Å². The predicted octanol–water partition coefficient (Wildman–Crippen LogP) is 2.56. The third-order valence-corrected chi connectivity index (χ3v) is 2.68. The van der Waals surface area contributed by atoms with Gasteiger partial charge >= 0.3 is 5.97 Å². The molecule has 0 radical (unpaired) electrons. The Labute approximate surface area is 117 Å². The fourth-order valence-corrected chi connectivity index (χ4v) is 1.54. The molecule has 0 spiro atoms. The maximum Gasteiger partial charge on any atom is 0.339 e. The first-order valence-corrected chi connectivity index (χ1v) is 5.99. The summed E-state index contributed by atoms with van der Waals surface area (Å²) < 4.78 is 4.59. The van der Waals surface area contributed by atoms with Crippen molar-refractivity contribution in [1.29, 1.82) is 0 Å². The number of hydrogen-bond donors (Lipinski definition) is 1. The van der Waals surface area contributed by atoms with Gasteiger partial charge in [-0.3, -0.25) is 0 Å². The fourth-order valence-electron chi connectivity index (χ4n) is 1.39. The predicted molar refractivity (Wildman–Crippen MR) is 75.3 cm³/mol. The van der Waals surface area contributed by atoms with Gasteiger partial charge in [0, 0.05) is 16.7 Å². The van der Waals surface area contributed by atoms with E-state index < -0.39 is 5.97 Å². The van der Waals surface area contributed by atoms with Crippen molar-refractivity contribution in [1.82, 2.24) is 4.98 Å². The average Bonchev–Trinajstić information content (AvgIpc) is 2.46. The summed E-state index contributed by atoms with van der Waals surface area (Å²) in [4.78, 5) is 16.2. The monoisotopic (exact) mass is 269 g/mol. The number of methoxy groups -OCH3 is 1. The molecule has 0 atom stereocenters. The van der Waals surface area contributed by atoms with E-state index in [0.29, 0.717) is 11.3 Å². The Hall–Kier alpha value is -2.25. The Balaban J connectivity index is 2.16. The van der Waals surface area contributed by atoms with Gasteiger partial charge < -0.3 is 4.74 Å². The van der Waals surface area contributed by atoms with E-state index in [9.17, 15) is 4.79 Å². The number of ether oxygens (including phenoxy) is 1. The standard InChI is InChI=1S/C15H11NO2S/c1-18-15(17)12-5-7-13(16-10-12)6-2-11-3-8-14(19)9-4-11/h3-5,7-10,19H,1H3. The quantitative estimate of drug-likeness (QED) is 0.491. The first kappa shape index (κ1) is 13.2. The van der Waals surface area contributed by atoms with Crippen molar-refractivity contribution < 1.29 is 9.53 Å². The number of thiol groups is 1. The molecule has 94 valence electrons. The molecule has 0 aliphatic rings. The summed E-state index contributed by atoms with van der Waals surface area (Å²) >= 11 is 4.20. The van der Waals surface area contributed by atoms with Crippen molar-refractivity contribution in [3.05, 3.63) is 59.4 Å². The molecule has 0 aliphatic heterocycles. The van der Waals surface area contributed by atoms with Gasteiger partial charge in [-0.2, -0.15) is 0 Å². The number of aromatic nitrogens is 1. The normalized spacial score (nSPS) is 9.37. The highest BCUT2D eigenvalue weighted by Crippen LogP contribution is 2.07. The minimum absolute atomic E-state index is 0.406. The Kier molecular flexibility index (Phi) is 4.22. The van der Waals surface area contributed by atoms with Crippen molar-refractivity contribution in [2.75, 3.05) is 7.11 Å². The molecule has 0 fully saturated rings. The molecular formula is C15H11NO2S. The number of carbonyl (C=O) groups excluding carboxylic acids is 1. The van der Waals surface area contributed by atoms with Gasteiger partial charge in [0.25, 0.3) is 0 Å². The molecule has 0 saturated heterocycles. The van der Waals surface area contributed by atoms with Crippen LogP contribution in [0.2, 0.25) is 0 Å².